The van der Waals surface area contributed by atoms with Crippen molar-refractivity contribution in [3.8, 4) is 23.1 Å². The van der Waals surface area contributed by atoms with Crippen molar-refractivity contribution in [2.75, 3.05) is 39.9 Å². The van der Waals surface area contributed by atoms with Crippen LogP contribution in [-0.4, -0.2) is 54.3 Å². The molecule has 0 fully saturated rings. The van der Waals surface area contributed by atoms with E-state index in [0.29, 0.717) is 40.6 Å². The van der Waals surface area contributed by atoms with Gasteiger partial charge in [-0.1, -0.05) is 0 Å². The number of sulfone groups is 1. The van der Waals surface area contributed by atoms with Crippen LogP contribution in [0.5, 0.6) is 23.1 Å². The lowest BCUT2D eigenvalue weighted by Crippen LogP contribution is -2.28. The zero-order valence-electron chi connectivity index (χ0n) is 19.0. The number of amides is 1. The van der Waals surface area contributed by atoms with Crippen molar-refractivity contribution in [3.63, 3.8) is 0 Å². The highest BCUT2D eigenvalue weighted by atomic mass is 32.2. The van der Waals surface area contributed by atoms with E-state index in [1.54, 1.807) is 18.2 Å². The second kappa shape index (κ2) is 10.9. The molecular formula is C22H28N2O7S. The van der Waals surface area contributed by atoms with Gasteiger partial charge in [0.2, 0.25) is 11.8 Å². The zero-order chi connectivity index (χ0) is 23.9. The molecule has 0 bridgehead atoms. The number of hydrogen-bond acceptors (Lipinski definition) is 8. The molecule has 1 heterocycles. The fraction of sp³-hybridized carbons (Fsp3) is 0.364. The summed E-state index contributed by atoms with van der Waals surface area (Å²) in [6.45, 7) is 3.62. The maximum atomic E-state index is 12.8. The highest BCUT2D eigenvalue weighted by molar-refractivity contribution is 7.93. The van der Waals surface area contributed by atoms with Crippen LogP contribution < -0.4 is 23.8 Å². The molecule has 0 aliphatic carbocycles. The smallest absolute Gasteiger partial charge is 0.237 e. The van der Waals surface area contributed by atoms with Gasteiger partial charge in [0.1, 0.15) is 22.9 Å². The van der Waals surface area contributed by atoms with Crippen molar-refractivity contribution in [2.45, 2.75) is 19.6 Å². The van der Waals surface area contributed by atoms with Gasteiger partial charge >= 0.3 is 0 Å². The molecule has 174 valence electrons. The molecule has 0 atom stereocenters. The summed E-state index contributed by atoms with van der Waals surface area (Å²) in [5.74, 6) is 1.05. The summed E-state index contributed by atoms with van der Waals surface area (Å²) in [7, 11) is 2.20. The van der Waals surface area contributed by atoms with E-state index >= 15 is 0 Å². The average molecular weight is 465 g/mol. The fourth-order valence-electron chi connectivity index (χ4n) is 3.12. The Morgan fingerprint density at radius 2 is 1.66 bits per heavy atom. The lowest BCUT2D eigenvalue weighted by atomic mass is 10.1. The van der Waals surface area contributed by atoms with Crippen LogP contribution in [0, 0.1) is 0 Å². The Bertz CT molecular complexity index is 1070. The van der Waals surface area contributed by atoms with Crippen molar-refractivity contribution in [3.05, 3.63) is 40.9 Å². The van der Waals surface area contributed by atoms with Gasteiger partial charge in [-0.25, -0.2) is 13.4 Å². The van der Waals surface area contributed by atoms with E-state index in [1.807, 2.05) is 6.92 Å². The molecular weight excluding hydrogens is 436 g/mol. The number of carbonyl (C=O) groups is 1. The number of carbonyl (C=O) groups excluding carboxylic acids is 1. The van der Waals surface area contributed by atoms with Crippen LogP contribution in [0.1, 0.15) is 25.0 Å². The predicted octanol–water partition coefficient (Wildman–Crippen LogP) is 3.07. The van der Waals surface area contributed by atoms with Gasteiger partial charge in [0.25, 0.3) is 0 Å². The van der Waals surface area contributed by atoms with Gasteiger partial charge in [-0.15, -0.1) is 0 Å². The van der Waals surface area contributed by atoms with Crippen LogP contribution in [-0.2, 0) is 20.4 Å². The molecule has 2 aromatic rings. The van der Waals surface area contributed by atoms with Crippen LogP contribution in [0.4, 0.5) is 5.69 Å². The summed E-state index contributed by atoms with van der Waals surface area (Å²) < 4.78 is 46.7. The first kappa shape index (κ1) is 25.0. The normalized spacial score (nSPS) is 11.3. The van der Waals surface area contributed by atoms with E-state index in [1.165, 1.54) is 52.5 Å². The van der Waals surface area contributed by atoms with Crippen molar-refractivity contribution < 1.29 is 32.2 Å². The van der Waals surface area contributed by atoms with Crippen molar-refractivity contribution in [1.82, 2.24) is 4.98 Å². The van der Waals surface area contributed by atoms with Gasteiger partial charge in [0.05, 0.1) is 39.8 Å². The number of pyridine rings is 1. The third-order valence-electron chi connectivity index (χ3n) is 4.63. The SMILES string of the molecule is CCN(C(C)=O)c1cc(CS(=O)(=O)C=Cc2c(OC)cc(OC)cc2OC)cnc1OC. The molecule has 0 saturated carbocycles. The molecule has 1 aromatic carbocycles. The summed E-state index contributed by atoms with van der Waals surface area (Å²) in [6, 6.07) is 4.86. The average Bonchev–Trinajstić information content (AvgIpc) is 2.77. The Labute approximate surface area is 188 Å². The summed E-state index contributed by atoms with van der Waals surface area (Å²) in [4.78, 5) is 17.6. The molecule has 10 heteroatoms. The molecule has 0 unspecified atom stereocenters. The monoisotopic (exact) mass is 464 g/mol. The van der Waals surface area contributed by atoms with E-state index in [0.717, 1.165) is 5.41 Å². The lowest BCUT2D eigenvalue weighted by Gasteiger charge is -2.21. The molecule has 0 saturated heterocycles. The molecule has 1 aromatic heterocycles. The molecule has 1 amide bonds. The van der Waals surface area contributed by atoms with E-state index in [9.17, 15) is 13.2 Å². The molecule has 0 spiro atoms. The van der Waals surface area contributed by atoms with Crippen LogP contribution in [0.3, 0.4) is 0 Å². The number of aromatic nitrogens is 1. The molecule has 32 heavy (non-hydrogen) atoms. The van der Waals surface area contributed by atoms with E-state index in [4.69, 9.17) is 18.9 Å². The minimum absolute atomic E-state index is 0.203. The van der Waals surface area contributed by atoms with Gasteiger partial charge in [0.15, 0.2) is 9.84 Å². The Balaban J connectivity index is 2.39. The topological polar surface area (TPSA) is 104 Å². The maximum Gasteiger partial charge on any atom is 0.237 e. The molecule has 0 aliphatic heterocycles. The number of nitrogens with zero attached hydrogens (tertiary/aromatic N) is 2. The third kappa shape index (κ3) is 5.91. The number of ether oxygens (including phenoxy) is 4. The molecule has 2 rings (SSSR count). The Hall–Kier alpha value is -3.27. The Morgan fingerprint density at radius 3 is 2.12 bits per heavy atom. The standard InChI is InChI=1S/C22H28N2O7S/c1-7-24(15(2)25)19-10-16(13-23-22(19)31-6)14-32(26,27)9-8-18-20(29-4)11-17(28-3)12-21(18)30-5/h8-13H,7,14H2,1-6H3. The Kier molecular flexibility index (Phi) is 8.48. The van der Waals surface area contributed by atoms with Crippen molar-refractivity contribution >= 4 is 27.5 Å². The van der Waals surface area contributed by atoms with Crippen molar-refractivity contribution in [1.29, 1.82) is 0 Å². The van der Waals surface area contributed by atoms with E-state index in [2.05, 4.69) is 4.98 Å². The molecule has 9 nitrogen and oxygen atoms in total. The highest BCUT2D eigenvalue weighted by Crippen LogP contribution is 2.35. The van der Waals surface area contributed by atoms with E-state index < -0.39 is 9.84 Å². The summed E-state index contributed by atoms with van der Waals surface area (Å²) >= 11 is 0. The number of anilines is 1. The van der Waals surface area contributed by atoms with Gasteiger partial charge in [-0.3, -0.25) is 4.79 Å². The van der Waals surface area contributed by atoms with Gasteiger partial charge in [-0.2, -0.15) is 0 Å². The lowest BCUT2D eigenvalue weighted by molar-refractivity contribution is -0.116. The maximum absolute atomic E-state index is 12.8. The third-order valence-corrected chi connectivity index (χ3v) is 5.92. The van der Waals surface area contributed by atoms with Gasteiger partial charge in [0, 0.05) is 37.2 Å². The van der Waals surface area contributed by atoms with Crippen LogP contribution in [0.2, 0.25) is 0 Å². The highest BCUT2D eigenvalue weighted by Gasteiger charge is 2.19. The first-order valence-electron chi connectivity index (χ1n) is 9.71. The number of benzene rings is 1. The van der Waals surface area contributed by atoms with Gasteiger partial charge in [-0.05, 0) is 24.6 Å². The minimum atomic E-state index is -3.69. The van der Waals surface area contributed by atoms with Crippen molar-refractivity contribution in [2.24, 2.45) is 0 Å². The zero-order valence-corrected chi connectivity index (χ0v) is 19.9. The fourth-order valence-corrected chi connectivity index (χ4v) is 4.19. The first-order chi connectivity index (χ1) is 15.2. The van der Waals surface area contributed by atoms with Crippen LogP contribution >= 0.6 is 0 Å². The molecule has 0 radical (unpaired) electrons. The number of methoxy groups -OCH3 is 4. The van der Waals surface area contributed by atoms with Crippen LogP contribution in [0.15, 0.2) is 29.8 Å². The summed E-state index contributed by atoms with van der Waals surface area (Å²) in [5.41, 5.74) is 1.29. The van der Waals surface area contributed by atoms with E-state index in [-0.39, 0.29) is 17.5 Å². The number of rotatable bonds is 10. The number of hydrogen-bond donors (Lipinski definition) is 0. The van der Waals surface area contributed by atoms with Crippen LogP contribution in [0.25, 0.3) is 6.08 Å². The summed E-state index contributed by atoms with van der Waals surface area (Å²) in [5, 5.41) is 1.09. The predicted molar refractivity (Wildman–Crippen MR) is 122 cm³/mol. The molecule has 0 aliphatic rings. The van der Waals surface area contributed by atoms with Gasteiger partial charge < -0.3 is 23.8 Å². The first-order valence-corrected chi connectivity index (χ1v) is 11.4. The largest absolute Gasteiger partial charge is 0.496 e. The minimum Gasteiger partial charge on any atom is -0.496 e. The summed E-state index contributed by atoms with van der Waals surface area (Å²) in [6.07, 6.45) is 2.83. The second-order valence-corrected chi connectivity index (χ2v) is 8.58. The Morgan fingerprint density at radius 1 is 1.03 bits per heavy atom. The molecule has 0 N–H and O–H groups in total. The quantitative estimate of drug-likeness (QED) is 0.528. The second-order valence-electron chi connectivity index (χ2n) is 6.69.